The van der Waals surface area contributed by atoms with Crippen molar-refractivity contribution >= 4 is 23.3 Å². The summed E-state index contributed by atoms with van der Waals surface area (Å²) in [5, 5.41) is 11.2. The van der Waals surface area contributed by atoms with Gasteiger partial charge in [-0.1, -0.05) is 6.07 Å². The molecule has 1 aliphatic rings. The van der Waals surface area contributed by atoms with Gasteiger partial charge < -0.3 is 14.9 Å². The van der Waals surface area contributed by atoms with Gasteiger partial charge in [-0.3, -0.25) is 4.79 Å². The van der Waals surface area contributed by atoms with Crippen LogP contribution in [0.3, 0.4) is 0 Å². The van der Waals surface area contributed by atoms with E-state index in [1.165, 1.54) is 0 Å². The van der Waals surface area contributed by atoms with Gasteiger partial charge in [0.15, 0.2) is 0 Å². The Labute approximate surface area is 129 Å². The van der Waals surface area contributed by atoms with Crippen LogP contribution in [0.1, 0.15) is 32.1 Å². The number of carboxylic acid groups (broad SMARTS) is 1. The molecule has 2 rings (SSSR count). The summed E-state index contributed by atoms with van der Waals surface area (Å²) in [6.45, 7) is 6.90. The summed E-state index contributed by atoms with van der Waals surface area (Å²) in [5.41, 5.74) is 0. The van der Waals surface area contributed by atoms with Crippen molar-refractivity contribution < 1.29 is 14.7 Å². The molecular formula is C15H22N2O3S. The molecule has 0 radical (unpaired) electrons. The van der Waals surface area contributed by atoms with Gasteiger partial charge in [-0.05, 0) is 38.6 Å². The molecule has 116 valence electrons. The van der Waals surface area contributed by atoms with Crippen molar-refractivity contribution in [2.24, 2.45) is 5.92 Å². The van der Waals surface area contributed by atoms with Crippen molar-refractivity contribution in [2.45, 2.75) is 45.8 Å². The van der Waals surface area contributed by atoms with Gasteiger partial charge in [-0.15, -0.1) is 11.3 Å². The van der Waals surface area contributed by atoms with Gasteiger partial charge in [0.2, 0.25) is 0 Å². The van der Waals surface area contributed by atoms with Crippen LogP contribution in [0.5, 0.6) is 0 Å². The lowest BCUT2D eigenvalue weighted by atomic mass is 10.0. The Morgan fingerprint density at radius 1 is 1.52 bits per heavy atom. The molecule has 1 fully saturated rings. The first-order valence-corrected chi connectivity index (χ1v) is 8.12. The molecule has 0 bridgehead atoms. The molecule has 1 saturated heterocycles. The van der Waals surface area contributed by atoms with Crippen LogP contribution in [0.25, 0.3) is 0 Å². The van der Waals surface area contributed by atoms with E-state index in [2.05, 4.69) is 0 Å². The average Bonchev–Trinajstić information content (AvgIpc) is 3.03. The SMILES string of the molecule is CC(C)N(Cc1cccs1)C(=O)N1CCC(C(=O)O)C1C. The van der Waals surface area contributed by atoms with Crippen LogP contribution >= 0.6 is 11.3 Å². The highest BCUT2D eigenvalue weighted by Gasteiger charge is 2.40. The molecule has 2 unspecified atom stereocenters. The monoisotopic (exact) mass is 310 g/mol. The number of carboxylic acids is 1. The zero-order valence-electron chi connectivity index (χ0n) is 12.7. The van der Waals surface area contributed by atoms with E-state index in [0.717, 1.165) is 4.88 Å². The highest BCUT2D eigenvalue weighted by atomic mass is 32.1. The highest BCUT2D eigenvalue weighted by Crippen LogP contribution is 2.27. The quantitative estimate of drug-likeness (QED) is 0.930. The minimum Gasteiger partial charge on any atom is -0.481 e. The Morgan fingerprint density at radius 2 is 2.24 bits per heavy atom. The molecule has 1 aromatic heterocycles. The summed E-state index contributed by atoms with van der Waals surface area (Å²) in [4.78, 5) is 28.6. The first-order valence-electron chi connectivity index (χ1n) is 7.24. The second-order valence-electron chi connectivity index (χ2n) is 5.75. The van der Waals surface area contributed by atoms with E-state index in [-0.39, 0.29) is 18.1 Å². The second-order valence-corrected chi connectivity index (χ2v) is 6.78. The van der Waals surface area contributed by atoms with Crippen molar-refractivity contribution in [3.8, 4) is 0 Å². The van der Waals surface area contributed by atoms with Crippen LogP contribution in [0.15, 0.2) is 17.5 Å². The summed E-state index contributed by atoms with van der Waals surface area (Å²) in [7, 11) is 0. The number of hydrogen-bond donors (Lipinski definition) is 1. The minimum absolute atomic E-state index is 0.0605. The first-order chi connectivity index (χ1) is 9.91. The largest absolute Gasteiger partial charge is 0.481 e. The Morgan fingerprint density at radius 3 is 2.71 bits per heavy atom. The van der Waals surface area contributed by atoms with Gasteiger partial charge in [-0.25, -0.2) is 4.79 Å². The molecule has 0 aliphatic carbocycles. The topological polar surface area (TPSA) is 60.9 Å². The van der Waals surface area contributed by atoms with Crippen LogP contribution in [0, 0.1) is 5.92 Å². The van der Waals surface area contributed by atoms with Crippen LogP contribution in [-0.2, 0) is 11.3 Å². The van der Waals surface area contributed by atoms with E-state index in [1.54, 1.807) is 16.2 Å². The van der Waals surface area contributed by atoms with E-state index in [1.807, 2.05) is 43.2 Å². The Bertz CT molecular complexity index is 501. The van der Waals surface area contributed by atoms with Gasteiger partial charge in [0.1, 0.15) is 0 Å². The highest BCUT2D eigenvalue weighted by molar-refractivity contribution is 7.09. The molecule has 2 amide bonds. The third kappa shape index (κ3) is 3.37. The fraction of sp³-hybridized carbons (Fsp3) is 0.600. The van der Waals surface area contributed by atoms with Crippen molar-refractivity contribution in [2.75, 3.05) is 6.54 Å². The number of thiophene rings is 1. The van der Waals surface area contributed by atoms with Gasteiger partial charge in [0, 0.05) is 23.5 Å². The summed E-state index contributed by atoms with van der Waals surface area (Å²) in [6, 6.07) is 3.76. The number of urea groups is 1. The number of carbonyl (C=O) groups excluding carboxylic acids is 1. The zero-order valence-corrected chi connectivity index (χ0v) is 13.5. The molecule has 2 atom stereocenters. The second kappa shape index (κ2) is 6.47. The number of likely N-dealkylation sites (tertiary alicyclic amines) is 1. The smallest absolute Gasteiger partial charge is 0.320 e. The maximum absolute atomic E-state index is 12.8. The Balaban J connectivity index is 2.10. The molecule has 1 aliphatic heterocycles. The standard InChI is InChI=1S/C15H22N2O3S/c1-10(2)17(9-12-5-4-8-21-12)15(20)16-7-6-13(11(16)3)14(18)19/h4-5,8,10-11,13H,6-7,9H2,1-3H3,(H,18,19). The molecule has 0 saturated carbocycles. The number of rotatable bonds is 4. The molecule has 2 heterocycles. The molecule has 1 N–H and O–H groups in total. The van der Waals surface area contributed by atoms with E-state index in [9.17, 15) is 14.7 Å². The minimum atomic E-state index is -0.813. The zero-order chi connectivity index (χ0) is 15.6. The molecule has 5 nitrogen and oxygen atoms in total. The lowest BCUT2D eigenvalue weighted by Crippen LogP contribution is -2.48. The van der Waals surface area contributed by atoms with Gasteiger partial charge in [0.25, 0.3) is 0 Å². The van der Waals surface area contributed by atoms with Crippen molar-refractivity contribution in [3.63, 3.8) is 0 Å². The Hall–Kier alpha value is -1.56. The summed E-state index contributed by atoms with van der Waals surface area (Å²) in [6.07, 6.45) is 0.535. The van der Waals surface area contributed by atoms with Crippen LogP contribution < -0.4 is 0 Å². The molecule has 1 aromatic rings. The van der Waals surface area contributed by atoms with Crippen LogP contribution in [0.2, 0.25) is 0 Å². The van der Waals surface area contributed by atoms with Crippen molar-refractivity contribution in [1.82, 2.24) is 9.80 Å². The third-order valence-electron chi connectivity index (χ3n) is 4.09. The number of hydrogen-bond acceptors (Lipinski definition) is 3. The maximum atomic E-state index is 12.8. The summed E-state index contributed by atoms with van der Waals surface area (Å²) in [5.74, 6) is -1.27. The molecule has 0 spiro atoms. The van der Waals surface area contributed by atoms with E-state index in [4.69, 9.17) is 0 Å². The van der Waals surface area contributed by atoms with E-state index in [0.29, 0.717) is 19.5 Å². The molecular weight excluding hydrogens is 288 g/mol. The Kier molecular flexibility index (Phi) is 4.88. The number of carbonyl (C=O) groups is 2. The van der Waals surface area contributed by atoms with Gasteiger partial charge >= 0.3 is 12.0 Å². The fourth-order valence-electron chi connectivity index (χ4n) is 2.75. The molecule has 21 heavy (non-hydrogen) atoms. The lowest BCUT2D eigenvalue weighted by Gasteiger charge is -2.33. The fourth-order valence-corrected chi connectivity index (χ4v) is 3.45. The summed E-state index contributed by atoms with van der Waals surface area (Å²) >= 11 is 1.63. The predicted octanol–water partition coefficient (Wildman–Crippen LogP) is 2.87. The molecule has 6 heteroatoms. The van der Waals surface area contributed by atoms with E-state index < -0.39 is 11.9 Å². The van der Waals surface area contributed by atoms with Crippen molar-refractivity contribution in [3.05, 3.63) is 22.4 Å². The predicted molar refractivity (Wildman–Crippen MR) is 82.3 cm³/mol. The summed E-state index contributed by atoms with van der Waals surface area (Å²) < 4.78 is 0. The normalized spacial score (nSPS) is 21.8. The maximum Gasteiger partial charge on any atom is 0.320 e. The van der Waals surface area contributed by atoms with E-state index >= 15 is 0 Å². The van der Waals surface area contributed by atoms with Crippen LogP contribution in [-0.4, -0.2) is 45.5 Å². The van der Waals surface area contributed by atoms with Crippen LogP contribution in [0.4, 0.5) is 4.79 Å². The lowest BCUT2D eigenvalue weighted by molar-refractivity contribution is -0.142. The third-order valence-corrected chi connectivity index (χ3v) is 4.95. The number of nitrogens with zero attached hydrogens (tertiary/aromatic N) is 2. The average molecular weight is 310 g/mol. The van der Waals surface area contributed by atoms with Gasteiger partial charge in [0.05, 0.1) is 12.5 Å². The van der Waals surface area contributed by atoms with Crippen molar-refractivity contribution in [1.29, 1.82) is 0 Å². The number of amides is 2. The molecule has 0 aromatic carbocycles. The number of aliphatic carboxylic acids is 1. The van der Waals surface area contributed by atoms with Gasteiger partial charge in [-0.2, -0.15) is 0 Å². The first kappa shape index (κ1) is 15.8.